The number of esters is 1. The Bertz CT molecular complexity index is 335. The normalized spacial score (nSPS) is 28.7. The van der Waals surface area contributed by atoms with Gasteiger partial charge in [0.15, 0.2) is 0 Å². The van der Waals surface area contributed by atoms with Crippen LogP contribution in [0, 0.1) is 5.92 Å². The summed E-state index contributed by atoms with van der Waals surface area (Å²) in [4.78, 5) is 23.2. The molecule has 0 radical (unpaired) electrons. The second kappa shape index (κ2) is 6.86. The largest absolute Gasteiger partial charge is 0.468 e. The Hall–Kier alpha value is -1.14. The van der Waals surface area contributed by atoms with Crippen molar-refractivity contribution in [1.29, 1.82) is 0 Å². The molecule has 19 heavy (non-hydrogen) atoms. The summed E-state index contributed by atoms with van der Waals surface area (Å²) in [5.41, 5.74) is 4.72. The number of primary amides is 1. The molecule has 6 heteroatoms. The van der Waals surface area contributed by atoms with Gasteiger partial charge < -0.3 is 21.1 Å². The van der Waals surface area contributed by atoms with Crippen molar-refractivity contribution in [1.82, 2.24) is 10.6 Å². The molecule has 1 saturated carbocycles. The molecule has 0 aliphatic heterocycles. The number of amides is 1. The molecule has 0 bridgehead atoms. The summed E-state index contributed by atoms with van der Waals surface area (Å²) in [6.45, 7) is 0. The fourth-order valence-corrected chi connectivity index (χ4v) is 3.01. The quantitative estimate of drug-likeness (QED) is 0.580. The molecule has 3 atom stereocenters. The summed E-state index contributed by atoms with van der Waals surface area (Å²) in [6.07, 6.45) is 4.06. The van der Waals surface area contributed by atoms with Crippen molar-refractivity contribution >= 4 is 11.9 Å². The first-order valence-electron chi connectivity index (χ1n) is 6.73. The zero-order chi connectivity index (χ0) is 14.5. The van der Waals surface area contributed by atoms with E-state index in [1.165, 1.54) is 7.11 Å². The van der Waals surface area contributed by atoms with Gasteiger partial charge in [0.05, 0.1) is 13.2 Å². The third-order valence-electron chi connectivity index (χ3n) is 4.17. The van der Waals surface area contributed by atoms with Crippen LogP contribution in [0.25, 0.3) is 0 Å². The lowest BCUT2D eigenvalue weighted by Gasteiger charge is -2.39. The average Bonchev–Trinajstić information content (AvgIpc) is 2.43. The minimum Gasteiger partial charge on any atom is -0.468 e. The fourth-order valence-electron chi connectivity index (χ4n) is 3.01. The van der Waals surface area contributed by atoms with Crippen LogP contribution in [0.4, 0.5) is 0 Å². The smallest absolute Gasteiger partial charge is 0.326 e. The van der Waals surface area contributed by atoms with Gasteiger partial charge in [-0.2, -0.15) is 0 Å². The van der Waals surface area contributed by atoms with Gasteiger partial charge >= 0.3 is 5.97 Å². The predicted molar refractivity (Wildman–Crippen MR) is 72.4 cm³/mol. The SMILES string of the molecule is CNC(CC1CCCC(NC)(C(=O)OC)C1)C(N)=O. The Balaban J connectivity index is 2.72. The van der Waals surface area contributed by atoms with Crippen LogP contribution in [-0.2, 0) is 14.3 Å². The molecular weight excluding hydrogens is 246 g/mol. The Labute approximate surface area is 114 Å². The Morgan fingerprint density at radius 2 is 2.16 bits per heavy atom. The van der Waals surface area contributed by atoms with Crippen LogP contribution in [0.5, 0.6) is 0 Å². The zero-order valence-electron chi connectivity index (χ0n) is 12.0. The minimum atomic E-state index is -0.617. The van der Waals surface area contributed by atoms with Crippen molar-refractivity contribution in [3.63, 3.8) is 0 Å². The van der Waals surface area contributed by atoms with Crippen LogP contribution >= 0.6 is 0 Å². The minimum absolute atomic E-state index is 0.222. The molecule has 0 aromatic carbocycles. The number of hydrogen-bond donors (Lipinski definition) is 3. The second-order valence-electron chi connectivity index (χ2n) is 5.27. The van der Waals surface area contributed by atoms with Gasteiger partial charge in [-0.05, 0) is 39.3 Å². The van der Waals surface area contributed by atoms with E-state index in [2.05, 4.69) is 10.6 Å². The van der Waals surface area contributed by atoms with E-state index < -0.39 is 5.54 Å². The molecular formula is C13H25N3O3. The highest BCUT2D eigenvalue weighted by atomic mass is 16.5. The molecule has 3 unspecified atom stereocenters. The number of rotatable bonds is 6. The molecule has 0 aromatic heterocycles. The highest BCUT2D eigenvalue weighted by Gasteiger charge is 2.43. The van der Waals surface area contributed by atoms with E-state index in [9.17, 15) is 9.59 Å². The first kappa shape index (κ1) is 15.9. The lowest BCUT2D eigenvalue weighted by Crippen LogP contribution is -2.54. The maximum Gasteiger partial charge on any atom is 0.326 e. The third-order valence-corrected chi connectivity index (χ3v) is 4.17. The molecule has 1 amide bonds. The van der Waals surface area contributed by atoms with Crippen molar-refractivity contribution in [3.05, 3.63) is 0 Å². The second-order valence-corrected chi connectivity index (χ2v) is 5.27. The lowest BCUT2D eigenvalue weighted by molar-refractivity contribution is -0.150. The first-order chi connectivity index (χ1) is 8.99. The van der Waals surface area contributed by atoms with Gasteiger partial charge in [-0.25, -0.2) is 0 Å². The highest BCUT2D eigenvalue weighted by Crippen LogP contribution is 2.35. The van der Waals surface area contributed by atoms with Crippen LogP contribution in [0.3, 0.4) is 0 Å². The molecule has 1 fully saturated rings. The standard InChI is InChI=1S/C13H25N3O3/c1-15-10(11(14)17)7-9-5-4-6-13(8-9,16-2)12(18)19-3/h9-10,15-16H,4-8H2,1-3H3,(H2,14,17). The lowest BCUT2D eigenvalue weighted by atomic mass is 9.73. The zero-order valence-corrected chi connectivity index (χ0v) is 12.0. The van der Waals surface area contributed by atoms with E-state index in [4.69, 9.17) is 10.5 Å². The van der Waals surface area contributed by atoms with E-state index in [1.807, 2.05) is 0 Å². The number of methoxy groups -OCH3 is 1. The van der Waals surface area contributed by atoms with Crippen molar-refractivity contribution < 1.29 is 14.3 Å². The number of hydrogen-bond acceptors (Lipinski definition) is 5. The summed E-state index contributed by atoms with van der Waals surface area (Å²) in [6, 6.07) is -0.338. The van der Waals surface area contributed by atoms with Gasteiger partial charge in [-0.3, -0.25) is 9.59 Å². The van der Waals surface area contributed by atoms with Crippen LogP contribution in [0.2, 0.25) is 0 Å². The molecule has 110 valence electrons. The van der Waals surface area contributed by atoms with E-state index in [0.29, 0.717) is 12.8 Å². The number of ether oxygens (including phenoxy) is 1. The van der Waals surface area contributed by atoms with Gasteiger partial charge in [0, 0.05) is 0 Å². The van der Waals surface area contributed by atoms with Gasteiger partial charge in [-0.1, -0.05) is 12.8 Å². The van der Waals surface area contributed by atoms with Crippen LogP contribution in [0.1, 0.15) is 32.1 Å². The molecule has 0 heterocycles. The van der Waals surface area contributed by atoms with E-state index >= 15 is 0 Å². The molecule has 4 N–H and O–H groups in total. The highest BCUT2D eigenvalue weighted by molar-refractivity contribution is 5.81. The first-order valence-corrected chi connectivity index (χ1v) is 6.73. The Morgan fingerprint density at radius 3 is 2.63 bits per heavy atom. The van der Waals surface area contributed by atoms with E-state index in [1.54, 1.807) is 14.1 Å². The monoisotopic (exact) mass is 271 g/mol. The third kappa shape index (κ3) is 3.67. The van der Waals surface area contributed by atoms with Crippen LogP contribution in [-0.4, -0.2) is 44.7 Å². The van der Waals surface area contributed by atoms with Crippen molar-refractivity contribution in [3.8, 4) is 0 Å². The number of nitrogens with one attached hydrogen (secondary N) is 2. The van der Waals surface area contributed by atoms with Gasteiger partial charge in [0.1, 0.15) is 5.54 Å². The predicted octanol–water partition coefficient (Wildman–Crippen LogP) is -0.229. The molecule has 0 saturated heterocycles. The molecule has 1 aliphatic carbocycles. The number of likely N-dealkylation sites (N-methyl/N-ethyl adjacent to an activating group) is 2. The summed E-state index contributed by atoms with van der Waals surface area (Å²) in [7, 11) is 4.91. The molecule has 1 aliphatic rings. The maximum atomic E-state index is 12.0. The molecule has 0 aromatic rings. The number of carbonyl (C=O) groups excluding carboxylic acids is 2. The van der Waals surface area contributed by atoms with Crippen LogP contribution in [0.15, 0.2) is 0 Å². The molecule has 1 rings (SSSR count). The van der Waals surface area contributed by atoms with Crippen molar-refractivity contribution in [2.45, 2.75) is 43.7 Å². The number of carbonyl (C=O) groups is 2. The number of nitrogens with two attached hydrogens (primary N) is 1. The van der Waals surface area contributed by atoms with Gasteiger partial charge in [-0.15, -0.1) is 0 Å². The van der Waals surface area contributed by atoms with E-state index in [-0.39, 0.29) is 23.8 Å². The van der Waals surface area contributed by atoms with E-state index in [0.717, 1.165) is 19.3 Å². The molecule has 0 spiro atoms. The summed E-state index contributed by atoms with van der Waals surface area (Å²) >= 11 is 0. The maximum absolute atomic E-state index is 12.0. The van der Waals surface area contributed by atoms with Crippen molar-refractivity contribution in [2.24, 2.45) is 11.7 Å². The molecule has 6 nitrogen and oxygen atoms in total. The van der Waals surface area contributed by atoms with Crippen LogP contribution < -0.4 is 16.4 Å². The van der Waals surface area contributed by atoms with Crippen molar-refractivity contribution in [2.75, 3.05) is 21.2 Å². The Morgan fingerprint density at radius 1 is 1.47 bits per heavy atom. The van der Waals surface area contributed by atoms with Gasteiger partial charge in [0.2, 0.25) is 5.91 Å². The Kier molecular flexibility index (Phi) is 5.75. The van der Waals surface area contributed by atoms with Gasteiger partial charge in [0.25, 0.3) is 0 Å². The summed E-state index contributed by atoms with van der Waals surface area (Å²) in [5.74, 6) is -0.286. The average molecular weight is 271 g/mol. The summed E-state index contributed by atoms with van der Waals surface area (Å²) < 4.78 is 4.90. The fraction of sp³-hybridized carbons (Fsp3) is 0.846. The topological polar surface area (TPSA) is 93.4 Å². The summed E-state index contributed by atoms with van der Waals surface area (Å²) in [5, 5.41) is 6.03.